The second kappa shape index (κ2) is 6.49. The first kappa shape index (κ1) is 15.5. The Morgan fingerprint density at radius 3 is 2.56 bits per heavy atom. The standard InChI is InChI=1S/C20H14ClNO3/c21-13-5-8-15(9-6-13)24-12-20(23)22-14-7-10-17-16-3-1-2-4-18(16)25-19(17)11-14/h1-11H,12H2,(H,22,23). The lowest BCUT2D eigenvalue weighted by Gasteiger charge is -2.07. The van der Waals surface area contributed by atoms with E-state index in [1.807, 2.05) is 42.5 Å². The van der Waals surface area contributed by atoms with Crippen molar-refractivity contribution in [3.8, 4) is 5.75 Å². The lowest BCUT2D eigenvalue weighted by Crippen LogP contribution is -2.20. The van der Waals surface area contributed by atoms with E-state index in [-0.39, 0.29) is 12.5 Å². The van der Waals surface area contributed by atoms with Crippen LogP contribution in [0.15, 0.2) is 71.1 Å². The van der Waals surface area contributed by atoms with Gasteiger partial charge in [-0.05, 0) is 42.5 Å². The molecule has 1 amide bonds. The minimum Gasteiger partial charge on any atom is -0.484 e. The number of halogens is 1. The van der Waals surface area contributed by atoms with E-state index in [0.717, 1.165) is 21.9 Å². The lowest BCUT2D eigenvalue weighted by atomic mass is 10.1. The molecule has 3 aromatic carbocycles. The average molecular weight is 352 g/mol. The quantitative estimate of drug-likeness (QED) is 0.545. The van der Waals surface area contributed by atoms with Crippen molar-refractivity contribution >= 4 is 45.1 Å². The zero-order valence-electron chi connectivity index (χ0n) is 13.2. The van der Waals surface area contributed by atoms with E-state index < -0.39 is 0 Å². The summed E-state index contributed by atoms with van der Waals surface area (Å²) in [5, 5.41) is 5.51. The molecule has 0 aliphatic heterocycles. The Balaban J connectivity index is 1.47. The molecule has 0 radical (unpaired) electrons. The maximum Gasteiger partial charge on any atom is 0.262 e. The fourth-order valence-electron chi connectivity index (χ4n) is 2.68. The number of hydrogen-bond acceptors (Lipinski definition) is 3. The van der Waals surface area contributed by atoms with Crippen LogP contribution in [0.3, 0.4) is 0 Å². The molecule has 0 saturated carbocycles. The molecular formula is C20H14ClNO3. The molecule has 5 heteroatoms. The molecule has 0 saturated heterocycles. The van der Waals surface area contributed by atoms with Crippen LogP contribution < -0.4 is 10.1 Å². The number of rotatable bonds is 4. The first-order valence-electron chi connectivity index (χ1n) is 7.78. The highest BCUT2D eigenvalue weighted by Crippen LogP contribution is 2.30. The topological polar surface area (TPSA) is 51.5 Å². The average Bonchev–Trinajstić information content (AvgIpc) is 2.99. The number of anilines is 1. The molecule has 0 unspecified atom stereocenters. The van der Waals surface area contributed by atoms with Gasteiger partial charge in [0.15, 0.2) is 6.61 Å². The van der Waals surface area contributed by atoms with Crippen molar-refractivity contribution in [1.29, 1.82) is 0 Å². The summed E-state index contributed by atoms with van der Waals surface area (Å²) in [4.78, 5) is 12.1. The number of fused-ring (bicyclic) bond motifs is 3. The Labute approximate surface area is 149 Å². The fraction of sp³-hybridized carbons (Fsp3) is 0.0500. The molecule has 4 aromatic rings. The third kappa shape index (κ3) is 3.30. The van der Waals surface area contributed by atoms with Crippen LogP contribution in [0.25, 0.3) is 21.9 Å². The predicted molar refractivity (Wildman–Crippen MR) is 99.3 cm³/mol. The Kier molecular flexibility index (Phi) is 4.04. The molecule has 124 valence electrons. The Hall–Kier alpha value is -2.98. The van der Waals surface area contributed by atoms with E-state index in [9.17, 15) is 4.79 Å². The molecule has 1 N–H and O–H groups in total. The Morgan fingerprint density at radius 2 is 1.72 bits per heavy atom. The summed E-state index contributed by atoms with van der Waals surface area (Å²) in [7, 11) is 0. The van der Waals surface area contributed by atoms with Crippen LogP contribution in [0, 0.1) is 0 Å². The van der Waals surface area contributed by atoms with E-state index in [1.54, 1.807) is 24.3 Å². The highest BCUT2D eigenvalue weighted by molar-refractivity contribution is 6.30. The number of benzene rings is 3. The van der Waals surface area contributed by atoms with Gasteiger partial charge in [0.1, 0.15) is 16.9 Å². The van der Waals surface area contributed by atoms with Gasteiger partial charge in [-0.25, -0.2) is 0 Å². The van der Waals surface area contributed by atoms with Crippen LogP contribution in [0.4, 0.5) is 5.69 Å². The van der Waals surface area contributed by atoms with E-state index in [1.165, 1.54) is 0 Å². The van der Waals surface area contributed by atoms with Crippen LogP contribution in [-0.4, -0.2) is 12.5 Å². The summed E-state index contributed by atoms with van der Waals surface area (Å²) < 4.78 is 11.3. The molecule has 0 aliphatic rings. The molecule has 0 bridgehead atoms. The summed E-state index contributed by atoms with van der Waals surface area (Å²) in [6, 6.07) is 20.3. The first-order chi connectivity index (χ1) is 12.2. The van der Waals surface area contributed by atoms with Crippen molar-refractivity contribution in [2.24, 2.45) is 0 Å². The molecular weight excluding hydrogens is 338 g/mol. The van der Waals surface area contributed by atoms with Gasteiger partial charge in [-0.3, -0.25) is 4.79 Å². The summed E-state index contributed by atoms with van der Waals surface area (Å²) in [5.41, 5.74) is 2.22. The number of carbonyl (C=O) groups is 1. The molecule has 0 fully saturated rings. The Morgan fingerprint density at radius 1 is 0.960 bits per heavy atom. The highest BCUT2D eigenvalue weighted by atomic mass is 35.5. The number of carbonyl (C=O) groups excluding carboxylic acids is 1. The largest absolute Gasteiger partial charge is 0.484 e. The van der Waals surface area contributed by atoms with Gasteiger partial charge in [0.25, 0.3) is 5.91 Å². The smallest absolute Gasteiger partial charge is 0.262 e. The maximum atomic E-state index is 12.1. The number of ether oxygens (including phenoxy) is 1. The second-order valence-corrected chi connectivity index (χ2v) is 6.04. The summed E-state index contributed by atoms with van der Waals surface area (Å²) in [6.45, 7) is -0.0835. The van der Waals surface area contributed by atoms with Gasteiger partial charge >= 0.3 is 0 Å². The van der Waals surface area contributed by atoms with Crippen molar-refractivity contribution < 1.29 is 13.9 Å². The van der Waals surface area contributed by atoms with Gasteiger partial charge in [-0.2, -0.15) is 0 Å². The SMILES string of the molecule is O=C(COc1ccc(Cl)cc1)Nc1ccc2c(c1)oc1ccccc12. The minimum absolute atomic E-state index is 0.0835. The molecule has 0 spiro atoms. The fourth-order valence-corrected chi connectivity index (χ4v) is 2.81. The number of furan rings is 1. The van der Waals surface area contributed by atoms with Crippen LogP contribution >= 0.6 is 11.6 Å². The van der Waals surface area contributed by atoms with Crippen LogP contribution in [0.2, 0.25) is 5.02 Å². The van der Waals surface area contributed by atoms with E-state index in [2.05, 4.69) is 5.32 Å². The third-order valence-electron chi connectivity index (χ3n) is 3.85. The van der Waals surface area contributed by atoms with E-state index in [0.29, 0.717) is 16.5 Å². The molecule has 25 heavy (non-hydrogen) atoms. The summed E-state index contributed by atoms with van der Waals surface area (Å²) >= 11 is 5.81. The number of hydrogen-bond donors (Lipinski definition) is 1. The number of amides is 1. The molecule has 0 aliphatic carbocycles. The maximum absolute atomic E-state index is 12.1. The first-order valence-corrected chi connectivity index (χ1v) is 8.16. The normalized spacial score (nSPS) is 10.9. The monoisotopic (exact) mass is 351 g/mol. The molecule has 1 aromatic heterocycles. The number of nitrogens with one attached hydrogen (secondary N) is 1. The van der Waals surface area contributed by atoms with Crippen molar-refractivity contribution in [3.05, 3.63) is 71.8 Å². The summed E-state index contributed by atoms with van der Waals surface area (Å²) in [5.74, 6) is 0.345. The van der Waals surface area contributed by atoms with Gasteiger partial charge in [0.05, 0.1) is 0 Å². The lowest BCUT2D eigenvalue weighted by molar-refractivity contribution is -0.118. The Bertz CT molecular complexity index is 1050. The number of para-hydroxylation sites is 1. The van der Waals surface area contributed by atoms with E-state index >= 15 is 0 Å². The molecule has 0 atom stereocenters. The molecule has 1 heterocycles. The molecule has 4 nitrogen and oxygen atoms in total. The minimum atomic E-state index is -0.245. The van der Waals surface area contributed by atoms with Crippen molar-refractivity contribution in [2.45, 2.75) is 0 Å². The van der Waals surface area contributed by atoms with Gasteiger partial charge in [-0.15, -0.1) is 0 Å². The zero-order chi connectivity index (χ0) is 17.2. The second-order valence-electron chi connectivity index (χ2n) is 5.60. The van der Waals surface area contributed by atoms with Crippen molar-refractivity contribution in [3.63, 3.8) is 0 Å². The van der Waals surface area contributed by atoms with Gasteiger partial charge in [0.2, 0.25) is 0 Å². The van der Waals surface area contributed by atoms with Gasteiger partial charge in [-0.1, -0.05) is 29.8 Å². The van der Waals surface area contributed by atoms with Crippen molar-refractivity contribution in [1.82, 2.24) is 0 Å². The van der Waals surface area contributed by atoms with E-state index in [4.69, 9.17) is 20.8 Å². The van der Waals surface area contributed by atoms with Gasteiger partial charge in [0, 0.05) is 27.5 Å². The van der Waals surface area contributed by atoms with Crippen molar-refractivity contribution in [2.75, 3.05) is 11.9 Å². The third-order valence-corrected chi connectivity index (χ3v) is 4.10. The molecule has 4 rings (SSSR count). The highest BCUT2D eigenvalue weighted by Gasteiger charge is 2.09. The zero-order valence-corrected chi connectivity index (χ0v) is 13.9. The van der Waals surface area contributed by atoms with Gasteiger partial charge < -0.3 is 14.5 Å². The predicted octanol–water partition coefficient (Wildman–Crippen LogP) is 5.26. The summed E-state index contributed by atoms with van der Waals surface area (Å²) in [6.07, 6.45) is 0. The van der Waals surface area contributed by atoms with Crippen LogP contribution in [0.1, 0.15) is 0 Å². The van der Waals surface area contributed by atoms with Crippen LogP contribution in [0.5, 0.6) is 5.75 Å². The van der Waals surface area contributed by atoms with Crippen LogP contribution in [-0.2, 0) is 4.79 Å².